The first-order chi connectivity index (χ1) is 20.5. The van der Waals surface area contributed by atoms with E-state index in [2.05, 4.69) is 118 Å². The molecule has 0 nitrogen and oxygen atoms in total. The Kier molecular flexibility index (Phi) is 7.94. The number of hydrogen-bond donors (Lipinski definition) is 0. The highest BCUT2D eigenvalue weighted by Crippen LogP contribution is 2.70. The summed E-state index contributed by atoms with van der Waals surface area (Å²) < 4.78 is 0. The molecule has 0 unspecified atom stereocenters. The SMILES string of the molecule is C=C(CC(=C)c1ccccc1)Cc1cc(C(C)C)c2c(c1C)C(=C)C1=C(C)[C@@]3(C)C(=C)C(C(=C)C)=C(C)C[C@@]3(C)C[C@@]1(C)C2. The highest BCUT2D eigenvalue weighted by molar-refractivity contribution is 5.87. The van der Waals surface area contributed by atoms with Gasteiger partial charge in [0.15, 0.2) is 0 Å². The van der Waals surface area contributed by atoms with Crippen LogP contribution in [0.3, 0.4) is 0 Å². The Labute approximate surface area is 268 Å². The van der Waals surface area contributed by atoms with Crippen LogP contribution < -0.4 is 0 Å². The van der Waals surface area contributed by atoms with Crippen LogP contribution in [-0.4, -0.2) is 0 Å². The molecule has 0 saturated carbocycles. The summed E-state index contributed by atoms with van der Waals surface area (Å²) in [6.07, 6.45) is 4.92. The van der Waals surface area contributed by atoms with Crippen LogP contribution in [0.4, 0.5) is 0 Å². The normalized spacial score (nSPS) is 26.4. The Morgan fingerprint density at radius 1 is 0.932 bits per heavy atom. The largest absolute Gasteiger partial charge is 0.0992 e. The lowest BCUT2D eigenvalue weighted by atomic mass is 9.41. The van der Waals surface area contributed by atoms with Gasteiger partial charge in [-0.1, -0.05) is 126 Å². The molecule has 44 heavy (non-hydrogen) atoms. The smallest absolute Gasteiger partial charge is 0.0194 e. The number of allylic oxidation sites excluding steroid dienone is 9. The van der Waals surface area contributed by atoms with E-state index < -0.39 is 0 Å². The van der Waals surface area contributed by atoms with E-state index in [0.29, 0.717) is 5.92 Å². The second-order valence-electron chi connectivity index (χ2n) is 15.5. The van der Waals surface area contributed by atoms with Crippen molar-refractivity contribution in [1.82, 2.24) is 0 Å². The van der Waals surface area contributed by atoms with Crippen molar-refractivity contribution in [2.24, 2.45) is 16.2 Å². The quantitative estimate of drug-likeness (QED) is 0.285. The van der Waals surface area contributed by atoms with Crippen LogP contribution in [0.1, 0.15) is 114 Å². The van der Waals surface area contributed by atoms with E-state index in [1.54, 1.807) is 0 Å². The minimum absolute atomic E-state index is 0.0261. The van der Waals surface area contributed by atoms with Gasteiger partial charge in [0.25, 0.3) is 0 Å². The second kappa shape index (κ2) is 10.9. The van der Waals surface area contributed by atoms with Crippen molar-refractivity contribution in [3.05, 3.63) is 142 Å². The van der Waals surface area contributed by atoms with Gasteiger partial charge in [0.2, 0.25) is 0 Å². The Morgan fingerprint density at radius 3 is 2.16 bits per heavy atom. The molecule has 3 atom stereocenters. The maximum atomic E-state index is 4.94. The van der Waals surface area contributed by atoms with E-state index in [1.807, 2.05) is 0 Å². The van der Waals surface area contributed by atoms with E-state index in [-0.39, 0.29) is 16.2 Å². The maximum absolute atomic E-state index is 4.94. The summed E-state index contributed by atoms with van der Waals surface area (Å²) in [5.41, 5.74) is 19.9. The Bertz CT molecular complexity index is 1700. The third-order valence-electron chi connectivity index (χ3n) is 11.8. The zero-order valence-electron chi connectivity index (χ0n) is 29.1. The molecular formula is C44H54. The van der Waals surface area contributed by atoms with Crippen molar-refractivity contribution < 1.29 is 0 Å². The molecule has 3 aliphatic rings. The molecule has 0 heteroatoms. The van der Waals surface area contributed by atoms with Crippen LogP contribution in [0.5, 0.6) is 0 Å². The van der Waals surface area contributed by atoms with Gasteiger partial charge >= 0.3 is 0 Å². The summed E-state index contributed by atoms with van der Waals surface area (Å²) in [5, 5.41) is 0. The highest BCUT2D eigenvalue weighted by atomic mass is 14.6. The van der Waals surface area contributed by atoms with Crippen molar-refractivity contribution >= 4 is 11.1 Å². The first kappa shape index (κ1) is 32.0. The number of rotatable bonds is 7. The van der Waals surface area contributed by atoms with E-state index in [9.17, 15) is 0 Å². The van der Waals surface area contributed by atoms with E-state index in [4.69, 9.17) is 13.2 Å². The van der Waals surface area contributed by atoms with E-state index >= 15 is 0 Å². The third kappa shape index (κ3) is 4.72. The summed E-state index contributed by atoms with van der Waals surface area (Å²) in [6.45, 7) is 44.4. The summed E-state index contributed by atoms with van der Waals surface area (Å²) in [5.74, 6) is 0.431. The number of hydrogen-bond acceptors (Lipinski definition) is 0. The monoisotopic (exact) mass is 582 g/mol. The molecule has 0 radical (unpaired) electrons. The Hall–Kier alpha value is -3.38. The van der Waals surface area contributed by atoms with E-state index in [1.165, 1.54) is 72.4 Å². The molecule has 0 aromatic heterocycles. The van der Waals surface area contributed by atoms with Gasteiger partial charge in [-0.25, -0.2) is 0 Å². The number of fused-ring (bicyclic) bond motifs is 3. The predicted molar refractivity (Wildman–Crippen MR) is 194 cm³/mol. The van der Waals surface area contributed by atoms with Crippen LogP contribution in [0.2, 0.25) is 0 Å². The molecule has 0 aliphatic heterocycles. The predicted octanol–water partition coefficient (Wildman–Crippen LogP) is 12.5. The van der Waals surface area contributed by atoms with Crippen molar-refractivity contribution in [3.63, 3.8) is 0 Å². The van der Waals surface area contributed by atoms with Gasteiger partial charge in [-0.15, -0.1) is 0 Å². The fourth-order valence-corrected chi connectivity index (χ4v) is 9.79. The van der Waals surface area contributed by atoms with Gasteiger partial charge in [-0.2, -0.15) is 0 Å². The van der Waals surface area contributed by atoms with Crippen LogP contribution in [0.15, 0.2) is 108 Å². The van der Waals surface area contributed by atoms with Crippen LogP contribution in [0, 0.1) is 23.2 Å². The molecule has 2 aromatic carbocycles. The summed E-state index contributed by atoms with van der Waals surface area (Å²) >= 11 is 0. The lowest BCUT2D eigenvalue weighted by molar-refractivity contribution is 0.0543. The van der Waals surface area contributed by atoms with Gasteiger partial charge in [0.05, 0.1) is 0 Å². The second-order valence-corrected chi connectivity index (χ2v) is 15.5. The fraction of sp³-hybridized carbons (Fsp3) is 0.409. The van der Waals surface area contributed by atoms with Crippen LogP contribution >= 0.6 is 0 Å². The summed E-state index contributed by atoms with van der Waals surface area (Å²) in [7, 11) is 0. The fourth-order valence-electron chi connectivity index (χ4n) is 9.79. The lowest BCUT2D eigenvalue weighted by Gasteiger charge is -2.62. The minimum atomic E-state index is -0.144. The molecule has 0 fully saturated rings. The van der Waals surface area contributed by atoms with Gasteiger partial charge in [0.1, 0.15) is 0 Å². The molecule has 0 heterocycles. The number of benzene rings is 2. The zero-order valence-corrected chi connectivity index (χ0v) is 29.1. The maximum Gasteiger partial charge on any atom is 0.0194 e. The average molecular weight is 583 g/mol. The molecule has 5 rings (SSSR count). The standard InChI is InChI=1S/C44H54/c1-26(2)37-22-36(21-28(5)20-29(6)35-18-16-15-17-19-35)31(8)40-32(9)41-34(11)44(14)33(10)39(27(3)4)30(7)23-43(44,13)25-42(41,12)24-38(37)40/h15-19,22,26H,3,5-6,9-10,20-21,23-25H2,1-2,4,7-8,11-14H3/t42-,43+,44-/m1/s1. The van der Waals surface area contributed by atoms with Gasteiger partial charge in [-0.05, 0) is 138 Å². The highest BCUT2D eigenvalue weighted by Gasteiger charge is 2.59. The Morgan fingerprint density at radius 2 is 1.57 bits per heavy atom. The zero-order chi connectivity index (χ0) is 32.5. The van der Waals surface area contributed by atoms with Gasteiger partial charge < -0.3 is 0 Å². The van der Waals surface area contributed by atoms with Crippen molar-refractivity contribution in [2.45, 2.75) is 100 Å². The van der Waals surface area contributed by atoms with Crippen molar-refractivity contribution in [1.29, 1.82) is 0 Å². The molecule has 0 spiro atoms. The summed E-state index contributed by atoms with van der Waals surface area (Å²) in [6, 6.07) is 13.0. The molecule has 2 aromatic rings. The lowest BCUT2D eigenvalue weighted by Crippen LogP contribution is -2.52. The Balaban J connectivity index is 1.62. The average Bonchev–Trinajstić information content (AvgIpc) is 2.92. The first-order valence-corrected chi connectivity index (χ1v) is 16.5. The van der Waals surface area contributed by atoms with Crippen molar-refractivity contribution in [2.75, 3.05) is 0 Å². The minimum Gasteiger partial charge on any atom is -0.0992 e. The van der Waals surface area contributed by atoms with Crippen LogP contribution in [-0.2, 0) is 12.8 Å². The van der Waals surface area contributed by atoms with Crippen molar-refractivity contribution in [3.8, 4) is 0 Å². The molecule has 230 valence electrons. The third-order valence-corrected chi connectivity index (χ3v) is 11.8. The molecular weight excluding hydrogens is 528 g/mol. The van der Waals surface area contributed by atoms with E-state index in [0.717, 1.165) is 43.3 Å². The first-order valence-electron chi connectivity index (χ1n) is 16.5. The van der Waals surface area contributed by atoms with Gasteiger partial charge in [0, 0.05) is 5.41 Å². The van der Waals surface area contributed by atoms with Gasteiger partial charge in [-0.3, -0.25) is 0 Å². The molecule has 0 amide bonds. The van der Waals surface area contributed by atoms with Crippen LogP contribution in [0.25, 0.3) is 11.1 Å². The molecule has 0 N–H and O–H groups in total. The topological polar surface area (TPSA) is 0 Å². The molecule has 0 saturated heterocycles. The molecule has 0 bridgehead atoms. The molecule has 3 aliphatic carbocycles. The summed E-state index contributed by atoms with van der Waals surface area (Å²) in [4.78, 5) is 0.